The second-order valence-electron chi connectivity index (χ2n) is 4.00. The molecule has 0 saturated carbocycles. The average molecular weight is 323 g/mol. The Bertz CT molecular complexity index is 551. The van der Waals surface area contributed by atoms with Gasteiger partial charge in [-0.3, -0.25) is 0 Å². The lowest BCUT2D eigenvalue weighted by atomic mass is 10.2. The van der Waals surface area contributed by atoms with Crippen molar-refractivity contribution in [1.82, 2.24) is 0 Å². The Labute approximate surface area is 120 Å². The molecule has 0 aliphatic carbocycles. The molecule has 0 spiro atoms. The van der Waals surface area contributed by atoms with Gasteiger partial charge in [-0.1, -0.05) is 41.1 Å². The first kappa shape index (κ1) is 13.5. The lowest BCUT2D eigenvalue weighted by Crippen LogP contribution is -1.86. The lowest BCUT2D eigenvalue weighted by molar-refractivity contribution is 0.329. The molecule has 0 fully saturated rings. The van der Waals surface area contributed by atoms with Gasteiger partial charge in [0.15, 0.2) is 0 Å². The number of aliphatic hydroxyl groups is 1. The molecule has 0 aliphatic heterocycles. The van der Waals surface area contributed by atoms with Crippen molar-refractivity contribution in [3.05, 3.63) is 51.3 Å². The predicted octanol–water partition coefficient (Wildman–Crippen LogP) is 4.96. The molecular formula is C15H15BrOS. The van der Waals surface area contributed by atoms with Gasteiger partial charge in [-0.05, 0) is 36.3 Å². The van der Waals surface area contributed by atoms with Crippen LogP contribution >= 0.6 is 27.3 Å². The molecule has 1 N–H and O–H groups in total. The standard InChI is InChI=1S/C15H15BrOS/c1-2-11(10-17)9-12-7-8-15(18-12)13-5-3-4-6-14(13)16/h3-9,17H,2,10H2,1H3. The molecule has 0 radical (unpaired) electrons. The Hall–Kier alpha value is -0.900. The highest BCUT2D eigenvalue weighted by molar-refractivity contribution is 9.10. The summed E-state index contributed by atoms with van der Waals surface area (Å²) < 4.78 is 1.11. The first-order chi connectivity index (χ1) is 8.74. The van der Waals surface area contributed by atoms with Crippen LogP contribution < -0.4 is 0 Å². The normalized spacial score (nSPS) is 11.8. The van der Waals surface area contributed by atoms with E-state index < -0.39 is 0 Å². The van der Waals surface area contributed by atoms with Gasteiger partial charge in [-0.25, -0.2) is 0 Å². The van der Waals surface area contributed by atoms with E-state index in [-0.39, 0.29) is 6.61 Å². The molecule has 0 amide bonds. The van der Waals surface area contributed by atoms with Gasteiger partial charge in [0.1, 0.15) is 0 Å². The smallest absolute Gasteiger partial charge is 0.0645 e. The van der Waals surface area contributed by atoms with Gasteiger partial charge >= 0.3 is 0 Å². The van der Waals surface area contributed by atoms with E-state index in [2.05, 4.69) is 53.2 Å². The zero-order valence-electron chi connectivity index (χ0n) is 10.2. The van der Waals surface area contributed by atoms with Gasteiger partial charge in [0.25, 0.3) is 0 Å². The summed E-state index contributed by atoms with van der Waals surface area (Å²) in [4.78, 5) is 2.42. The zero-order valence-corrected chi connectivity index (χ0v) is 12.6. The van der Waals surface area contributed by atoms with Crippen LogP contribution in [0.25, 0.3) is 16.5 Å². The van der Waals surface area contributed by atoms with Crippen LogP contribution in [0, 0.1) is 0 Å². The molecule has 0 atom stereocenters. The minimum absolute atomic E-state index is 0.138. The number of hydrogen-bond donors (Lipinski definition) is 1. The summed E-state index contributed by atoms with van der Waals surface area (Å²) in [5.41, 5.74) is 2.28. The molecular weight excluding hydrogens is 308 g/mol. The summed E-state index contributed by atoms with van der Waals surface area (Å²) in [5.74, 6) is 0. The first-order valence-electron chi connectivity index (χ1n) is 5.89. The number of rotatable bonds is 4. The Balaban J connectivity index is 2.32. The predicted molar refractivity (Wildman–Crippen MR) is 82.8 cm³/mol. The number of benzene rings is 1. The molecule has 0 bridgehead atoms. The van der Waals surface area contributed by atoms with E-state index in [1.54, 1.807) is 11.3 Å². The van der Waals surface area contributed by atoms with E-state index in [4.69, 9.17) is 0 Å². The largest absolute Gasteiger partial charge is 0.392 e. The van der Waals surface area contributed by atoms with Crippen LogP contribution in [0.2, 0.25) is 0 Å². The van der Waals surface area contributed by atoms with Crippen molar-refractivity contribution < 1.29 is 5.11 Å². The number of halogens is 1. The summed E-state index contributed by atoms with van der Waals surface area (Å²) in [6.45, 7) is 2.20. The summed E-state index contributed by atoms with van der Waals surface area (Å²) in [5, 5.41) is 9.18. The Kier molecular flexibility index (Phi) is 4.75. The quantitative estimate of drug-likeness (QED) is 0.843. The fourth-order valence-corrected chi connectivity index (χ4v) is 3.37. The van der Waals surface area contributed by atoms with Crippen molar-refractivity contribution in [2.45, 2.75) is 13.3 Å². The molecule has 0 unspecified atom stereocenters. The zero-order chi connectivity index (χ0) is 13.0. The molecule has 94 valence electrons. The summed E-state index contributed by atoms with van der Waals surface area (Å²) in [7, 11) is 0. The minimum Gasteiger partial charge on any atom is -0.392 e. The molecule has 2 aromatic rings. The number of thiophene rings is 1. The van der Waals surface area contributed by atoms with Crippen molar-refractivity contribution in [2.24, 2.45) is 0 Å². The first-order valence-corrected chi connectivity index (χ1v) is 7.50. The highest BCUT2D eigenvalue weighted by Gasteiger charge is 2.05. The SMILES string of the molecule is CCC(=Cc1ccc(-c2ccccc2Br)s1)CO. The van der Waals surface area contributed by atoms with Gasteiger partial charge < -0.3 is 5.11 Å². The van der Waals surface area contributed by atoms with E-state index in [0.29, 0.717) is 0 Å². The molecule has 0 saturated heterocycles. The topological polar surface area (TPSA) is 20.2 Å². The van der Waals surface area contributed by atoms with Crippen molar-refractivity contribution in [1.29, 1.82) is 0 Å². The molecule has 3 heteroatoms. The molecule has 1 heterocycles. The van der Waals surface area contributed by atoms with Crippen LogP contribution in [0.1, 0.15) is 18.2 Å². The highest BCUT2D eigenvalue weighted by atomic mass is 79.9. The van der Waals surface area contributed by atoms with Crippen LogP contribution in [0.4, 0.5) is 0 Å². The maximum absolute atomic E-state index is 9.18. The Morgan fingerprint density at radius 2 is 2.06 bits per heavy atom. The molecule has 1 aromatic heterocycles. The van der Waals surface area contributed by atoms with Gasteiger partial charge in [0, 0.05) is 19.8 Å². The molecule has 1 aromatic carbocycles. The third-order valence-corrected chi connectivity index (χ3v) is 4.53. The fraction of sp³-hybridized carbons (Fsp3) is 0.200. The van der Waals surface area contributed by atoms with E-state index in [1.807, 2.05) is 12.1 Å². The average Bonchev–Trinajstić information content (AvgIpc) is 2.85. The van der Waals surface area contributed by atoms with Crippen LogP contribution in [-0.2, 0) is 0 Å². The fourth-order valence-electron chi connectivity index (χ4n) is 1.70. The minimum atomic E-state index is 0.138. The van der Waals surface area contributed by atoms with Gasteiger partial charge in [-0.2, -0.15) is 0 Å². The Morgan fingerprint density at radius 1 is 1.28 bits per heavy atom. The van der Waals surface area contributed by atoms with E-state index in [1.165, 1.54) is 15.3 Å². The molecule has 1 nitrogen and oxygen atoms in total. The number of hydrogen-bond acceptors (Lipinski definition) is 2. The van der Waals surface area contributed by atoms with Gasteiger partial charge in [0.2, 0.25) is 0 Å². The van der Waals surface area contributed by atoms with Crippen LogP contribution in [0.3, 0.4) is 0 Å². The molecule has 0 aliphatic rings. The lowest BCUT2D eigenvalue weighted by Gasteiger charge is -2.00. The van der Waals surface area contributed by atoms with Crippen LogP contribution in [-0.4, -0.2) is 11.7 Å². The third kappa shape index (κ3) is 3.10. The van der Waals surface area contributed by atoms with Crippen molar-refractivity contribution in [3.63, 3.8) is 0 Å². The Morgan fingerprint density at radius 3 is 2.72 bits per heavy atom. The van der Waals surface area contributed by atoms with Crippen molar-refractivity contribution in [2.75, 3.05) is 6.61 Å². The van der Waals surface area contributed by atoms with Crippen LogP contribution in [0.15, 0.2) is 46.4 Å². The van der Waals surface area contributed by atoms with E-state index in [9.17, 15) is 5.11 Å². The third-order valence-electron chi connectivity index (χ3n) is 2.77. The summed E-state index contributed by atoms with van der Waals surface area (Å²) >= 11 is 5.31. The van der Waals surface area contributed by atoms with E-state index in [0.717, 1.165) is 16.5 Å². The van der Waals surface area contributed by atoms with Crippen molar-refractivity contribution >= 4 is 33.3 Å². The van der Waals surface area contributed by atoms with E-state index >= 15 is 0 Å². The molecule has 18 heavy (non-hydrogen) atoms. The number of aliphatic hydroxyl groups excluding tert-OH is 1. The monoisotopic (exact) mass is 322 g/mol. The highest BCUT2D eigenvalue weighted by Crippen LogP contribution is 2.34. The molecule has 2 rings (SSSR count). The van der Waals surface area contributed by atoms with Crippen molar-refractivity contribution in [3.8, 4) is 10.4 Å². The maximum Gasteiger partial charge on any atom is 0.0645 e. The van der Waals surface area contributed by atoms with Gasteiger partial charge in [-0.15, -0.1) is 11.3 Å². The second kappa shape index (κ2) is 6.32. The second-order valence-corrected chi connectivity index (χ2v) is 5.97. The van der Waals surface area contributed by atoms with Crippen LogP contribution in [0.5, 0.6) is 0 Å². The summed E-state index contributed by atoms with van der Waals surface area (Å²) in [6.07, 6.45) is 2.96. The van der Waals surface area contributed by atoms with Gasteiger partial charge in [0.05, 0.1) is 6.61 Å². The summed E-state index contributed by atoms with van der Waals surface area (Å²) in [6, 6.07) is 12.4. The maximum atomic E-state index is 9.18.